The van der Waals surface area contributed by atoms with Crippen LogP contribution in [0.5, 0.6) is 0 Å². The van der Waals surface area contributed by atoms with E-state index in [1.807, 2.05) is 37.3 Å². The van der Waals surface area contributed by atoms with Gasteiger partial charge in [-0.2, -0.15) is 0 Å². The Hall–Kier alpha value is -3.02. The number of nitrogens with zero attached hydrogens (tertiary/aromatic N) is 3. The first-order valence-electron chi connectivity index (χ1n) is 7.29. The van der Waals surface area contributed by atoms with Crippen LogP contribution in [-0.4, -0.2) is 20.4 Å². The molecule has 23 heavy (non-hydrogen) atoms. The molecule has 2 heterocycles. The van der Waals surface area contributed by atoms with Gasteiger partial charge in [0.05, 0.1) is 11.4 Å². The number of carbonyl (C=O) groups is 1. The third-order valence-corrected chi connectivity index (χ3v) is 3.59. The van der Waals surface area contributed by atoms with E-state index in [2.05, 4.69) is 15.3 Å². The molecule has 2 aromatic heterocycles. The second kappa shape index (κ2) is 6.39. The van der Waals surface area contributed by atoms with Crippen molar-refractivity contribution in [2.45, 2.75) is 19.5 Å². The summed E-state index contributed by atoms with van der Waals surface area (Å²) in [5.41, 5.74) is 1.12. The molecule has 6 nitrogen and oxygen atoms in total. The first-order valence-corrected chi connectivity index (χ1v) is 7.29. The number of aromatic nitrogens is 3. The predicted molar refractivity (Wildman–Crippen MR) is 86.8 cm³/mol. The van der Waals surface area contributed by atoms with Crippen LogP contribution in [-0.2, 0) is 11.3 Å². The lowest BCUT2D eigenvalue weighted by atomic mass is 10.1. The number of amides is 1. The molecule has 0 aliphatic heterocycles. The largest absolute Gasteiger partial charge is 0.348 e. The first kappa shape index (κ1) is 14.9. The Morgan fingerprint density at radius 2 is 1.96 bits per heavy atom. The summed E-state index contributed by atoms with van der Waals surface area (Å²) < 4.78 is 1.29. The summed E-state index contributed by atoms with van der Waals surface area (Å²) in [6, 6.07) is 12.8. The predicted octanol–water partition coefficient (Wildman–Crippen LogP) is 1.67. The van der Waals surface area contributed by atoms with E-state index in [9.17, 15) is 9.59 Å². The van der Waals surface area contributed by atoms with Gasteiger partial charge in [-0.05, 0) is 24.6 Å². The highest BCUT2D eigenvalue weighted by Gasteiger charge is 2.12. The molecule has 3 aromatic rings. The van der Waals surface area contributed by atoms with Crippen LogP contribution in [0.1, 0.15) is 18.5 Å². The maximum absolute atomic E-state index is 12.3. The Bertz CT molecular complexity index is 890. The van der Waals surface area contributed by atoms with Crippen molar-refractivity contribution >= 4 is 16.9 Å². The summed E-state index contributed by atoms with van der Waals surface area (Å²) in [6.45, 7) is 1.83. The van der Waals surface area contributed by atoms with Gasteiger partial charge in [0.1, 0.15) is 12.9 Å². The van der Waals surface area contributed by atoms with Crippen molar-refractivity contribution in [1.82, 2.24) is 19.9 Å². The molecular formula is C17H16N4O2. The third kappa shape index (κ3) is 3.26. The van der Waals surface area contributed by atoms with Crippen LogP contribution < -0.4 is 10.9 Å². The maximum Gasteiger partial charge on any atom is 0.263 e. The summed E-state index contributed by atoms with van der Waals surface area (Å²) in [4.78, 5) is 32.6. The second-order valence-electron chi connectivity index (χ2n) is 5.25. The molecule has 6 heteroatoms. The highest BCUT2D eigenvalue weighted by Crippen LogP contribution is 2.10. The standard InChI is InChI=1S/C17H16N4O2/c1-12(13-6-3-2-4-7-13)20-15(22)10-21-11-19-16-14(17(21)23)8-5-9-18-16/h2-9,11-12H,10H2,1H3,(H,20,22)/t12-/m1/s1. The SMILES string of the molecule is C[C@@H](NC(=O)Cn1cnc2ncccc2c1=O)c1ccccc1. The number of rotatable bonds is 4. The smallest absolute Gasteiger partial charge is 0.263 e. The molecule has 0 spiro atoms. The number of nitrogens with one attached hydrogen (secondary N) is 1. The van der Waals surface area contributed by atoms with Crippen molar-refractivity contribution in [2.24, 2.45) is 0 Å². The van der Waals surface area contributed by atoms with E-state index < -0.39 is 0 Å². The maximum atomic E-state index is 12.3. The van der Waals surface area contributed by atoms with Crippen LogP contribution in [0, 0.1) is 0 Å². The summed E-state index contributed by atoms with van der Waals surface area (Å²) in [6.07, 6.45) is 2.93. The van der Waals surface area contributed by atoms with Gasteiger partial charge in [0.2, 0.25) is 5.91 Å². The van der Waals surface area contributed by atoms with E-state index >= 15 is 0 Å². The zero-order valence-electron chi connectivity index (χ0n) is 12.6. The molecule has 1 atom stereocenters. The summed E-state index contributed by atoms with van der Waals surface area (Å²) >= 11 is 0. The lowest BCUT2D eigenvalue weighted by Crippen LogP contribution is -2.34. The van der Waals surface area contributed by atoms with Crippen LogP contribution in [0.15, 0.2) is 59.8 Å². The van der Waals surface area contributed by atoms with Gasteiger partial charge in [0.25, 0.3) is 5.56 Å². The van der Waals surface area contributed by atoms with Gasteiger partial charge in [-0.1, -0.05) is 30.3 Å². The molecule has 1 aromatic carbocycles. The minimum absolute atomic E-state index is 0.0756. The number of benzene rings is 1. The molecule has 0 fully saturated rings. The number of fused-ring (bicyclic) bond motifs is 1. The molecule has 1 N–H and O–H groups in total. The molecule has 3 rings (SSSR count). The molecule has 0 saturated carbocycles. The van der Waals surface area contributed by atoms with Gasteiger partial charge in [0.15, 0.2) is 5.65 Å². The lowest BCUT2D eigenvalue weighted by Gasteiger charge is -2.14. The highest BCUT2D eigenvalue weighted by atomic mass is 16.2. The fourth-order valence-electron chi connectivity index (χ4n) is 2.38. The number of carbonyl (C=O) groups excluding carboxylic acids is 1. The van der Waals surface area contributed by atoms with E-state index in [0.29, 0.717) is 11.0 Å². The summed E-state index contributed by atoms with van der Waals surface area (Å²) in [5, 5.41) is 3.28. The second-order valence-corrected chi connectivity index (χ2v) is 5.25. The van der Waals surface area contributed by atoms with Crippen molar-refractivity contribution in [2.75, 3.05) is 0 Å². The number of hydrogen-bond donors (Lipinski definition) is 1. The number of pyridine rings is 1. The first-order chi connectivity index (χ1) is 11.1. The van der Waals surface area contributed by atoms with Crippen LogP contribution in [0.3, 0.4) is 0 Å². The molecule has 116 valence electrons. The van der Waals surface area contributed by atoms with Crippen molar-refractivity contribution in [3.05, 3.63) is 70.9 Å². The quantitative estimate of drug-likeness (QED) is 0.795. The Balaban J connectivity index is 1.76. The zero-order valence-corrected chi connectivity index (χ0v) is 12.6. The van der Waals surface area contributed by atoms with E-state index in [0.717, 1.165) is 5.56 Å². The molecule has 0 aliphatic rings. The van der Waals surface area contributed by atoms with Crippen molar-refractivity contribution in [1.29, 1.82) is 0 Å². The van der Waals surface area contributed by atoms with Crippen LogP contribution in [0.4, 0.5) is 0 Å². The Morgan fingerprint density at radius 1 is 1.17 bits per heavy atom. The molecule has 0 bridgehead atoms. The van der Waals surface area contributed by atoms with Gasteiger partial charge in [-0.3, -0.25) is 14.2 Å². The monoisotopic (exact) mass is 308 g/mol. The van der Waals surface area contributed by atoms with Gasteiger partial charge in [-0.25, -0.2) is 9.97 Å². The average molecular weight is 308 g/mol. The minimum Gasteiger partial charge on any atom is -0.348 e. The summed E-state index contributed by atoms with van der Waals surface area (Å²) in [5.74, 6) is -0.242. The Kier molecular flexibility index (Phi) is 4.14. The average Bonchev–Trinajstić information content (AvgIpc) is 2.58. The Morgan fingerprint density at radius 3 is 2.74 bits per heavy atom. The minimum atomic E-state index is -0.273. The zero-order chi connectivity index (χ0) is 16.2. The molecule has 1 amide bonds. The molecule has 0 aliphatic carbocycles. The fourth-order valence-corrected chi connectivity index (χ4v) is 2.38. The van der Waals surface area contributed by atoms with E-state index in [1.165, 1.54) is 10.9 Å². The number of hydrogen-bond acceptors (Lipinski definition) is 4. The lowest BCUT2D eigenvalue weighted by molar-refractivity contribution is -0.122. The normalized spacial score (nSPS) is 12.0. The van der Waals surface area contributed by atoms with E-state index in [4.69, 9.17) is 0 Å². The van der Waals surface area contributed by atoms with Crippen molar-refractivity contribution in [3.8, 4) is 0 Å². The topological polar surface area (TPSA) is 76.9 Å². The van der Waals surface area contributed by atoms with Crippen LogP contribution in [0.25, 0.3) is 11.0 Å². The molecule has 0 radical (unpaired) electrons. The van der Waals surface area contributed by atoms with E-state index in [-0.39, 0.29) is 24.1 Å². The van der Waals surface area contributed by atoms with Gasteiger partial charge in [0, 0.05) is 6.20 Å². The van der Waals surface area contributed by atoms with Gasteiger partial charge in [-0.15, -0.1) is 0 Å². The molecule has 0 saturated heterocycles. The summed E-state index contributed by atoms with van der Waals surface area (Å²) in [7, 11) is 0. The molecule has 0 unspecified atom stereocenters. The third-order valence-electron chi connectivity index (χ3n) is 3.59. The van der Waals surface area contributed by atoms with Gasteiger partial charge >= 0.3 is 0 Å². The van der Waals surface area contributed by atoms with Crippen molar-refractivity contribution < 1.29 is 4.79 Å². The Labute approximate surface area is 132 Å². The van der Waals surface area contributed by atoms with Crippen molar-refractivity contribution in [3.63, 3.8) is 0 Å². The molecular weight excluding hydrogens is 292 g/mol. The van der Waals surface area contributed by atoms with Gasteiger partial charge < -0.3 is 5.32 Å². The fraction of sp³-hybridized carbons (Fsp3) is 0.176. The van der Waals surface area contributed by atoms with Crippen LogP contribution in [0.2, 0.25) is 0 Å². The highest BCUT2D eigenvalue weighted by molar-refractivity contribution is 5.77. The van der Waals surface area contributed by atoms with E-state index in [1.54, 1.807) is 18.3 Å². The van der Waals surface area contributed by atoms with Crippen LogP contribution >= 0.6 is 0 Å².